The normalized spacial score (nSPS) is 18.4. The molecule has 1 heterocycles. The minimum absolute atomic E-state index is 0.151. The lowest BCUT2D eigenvalue weighted by molar-refractivity contribution is -0.123. The molecule has 4 nitrogen and oxygen atoms in total. The van der Waals surface area contributed by atoms with E-state index in [0.29, 0.717) is 18.4 Å². The van der Waals surface area contributed by atoms with E-state index >= 15 is 0 Å². The van der Waals surface area contributed by atoms with E-state index in [-0.39, 0.29) is 5.92 Å². The van der Waals surface area contributed by atoms with Crippen molar-refractivity contribution in [3.05, 3.63) is 0 Å². The molecule has 1 rings (SSSR count). The summed E-state index contributed by atoms with van der Waals surface area (Å²) in [7, 11) is 2.11. The van der Waals surface area contributed by atoms with Gasteiger partial charge in [-0.05, 0) is 26.4 Å². The van der Waals surface area contributed by atoms with Gasteiger partial charge < -0.3 is 9.64 Å². The first-order chi connectivity index (χ1) is 9.02. The van der Waals surface area contributed by atoms with Gasteiger partial charge in [-0.15, -0.1) is 0 Å². The second kappa shape index (κ2) is 8.67. The van der Waals surface area contributed by atoms with E-state index in [4.69, 9.17) is 4.74 Å². The highest BCUT2D eigenvalue weighted by Crippen LogP contribution is 2.14. The third-order valence-electron chi connectivity index (χ3n) is 3.92. The van der Waals surface area contributed by atoms with Gasteiger partial charge in [0.25, 0.3) is 0 Å². The summed E-state index contributed by atoms with van der Waals surface area (Å²) in [5.41, 5.74) is 0. The average Bonchev–Trinajstić information content (AvgIpc) is 2.40. The molecule has 0 unspecified atom stereocenters. The van der Waals surface area contributed by atoms with Crippen LogP contribution in [0.15, 0.2) is 0 Å². The van der Waals surface area contributed by atoms with Crippen LogP contribution in [0.2, 0.25) is 0 Å². The van der Waals surface area contributed by atoms with Crippen molar-refractivity contribution >= 4 is 5.78 Å². The molecule has 0 aromatic heterocycles. The van der Waals surface area contributed by atoms with Crippen LogP contribution in [0, 0.1) is 5.92 Å². The molecule has 1 aliphatic rings. The third kappa shape index (κ3) is 6.50. The number of carbonyl (C=O) groups is 1. The van der Waals surface area contributed by atoms with Crippen LogP contribution in [0.25, 0.3) is 0 Å². The van der Waals surface area contributed by atoms with Gasteiger partial charge in [-0.25, -0.2) is 0 Å². The highest BCUT2D eigenvalue weighted by molar-refractivity contribution is 5.82. The summed E-state index contributed by atoms with van der Waals surface area (Å²) in [6, 6.07) is 0. The largest absolute Gasteiger partial charge is 0.377 e. The van der Waals surface area contributed by atoms with Gasteiger partial charge in [-0.2, -0.15) is 0 Å². The van der Waals surface area contributed by atoms with Crippen molar-refractivity contribution in [2.24, 2.45) is 5.92 Å². The molecule has 0 aliphatic carbocycles. The van der Waals surface area contributed by atoms with Gasteiger partial charge in [0, 0.05) is 25.6 Å². The molecule has 0 aromatic carbocycles. The fourth-order valence-electron chi connectivity index (χ4n) is 2.17. The number of ether oxygens (including phenoxy) is 1. The van der Waals surface area contributed by atoms with Crippen molar-refractivity contribution in [2.75, 3.05) is 46.4 Å². The summed E-state index contributed by atoms with van der Waals surface area (Å²) >= 11 is 0. The molecule has 0 amide bonds. The topological polar surface area (TPSA) is 32.8 Å². The zero-order valence-corrected chi connectivity index (χ0v) is 13.0. The molecular weight excluding hydrogens is 240 g/mol. The highest BCUT2D eigenvalue weighted by atomic mass is 16.5. The number of ketones is 1. The van der Waals surface area contributed by atoms with Crippen molar-refractivity contribution in [1.82, 2.24) is 9.80 Å². The molecule has 0 bridgehead atoms. The van der Waals surface area contributed by atoms with Crippen LogP contribution in [-0.2, 0) is 9.53 Å². The molecule has 0 atom stereocenters. The van der Waals surface area contributed by atoms with E-state index in [1.807, 2.05) is 13.8 Å². The Balaban J connectivity index is 2.13. The van der Waals surface area contributed by atoms with Gasteiger partial charge in [0.2, 0.25) is 0 Å². The van der Waals surface area contributed by atoms with Crippen LogP contribution in [0.1, 0.15) is 33.6 Å². The fraction of sp³-hybridized carbons (Fsp3) is 0.933. The SMILES string of the molecule is CCN(C)CCOC1CCN(CC(=O)C(C)C)CC1. The van der Waals surface area contributed by atoms with Crippen molar-refractivity contribution < 1.29 is 9.53 Å². The number of nitrogens with zero attached hydrogens (tertiary/aromatic N) is 2. The first-order valence-electron chi connectivity index (χ1n) is 7.58. The predicted octanol–water partition coefficient (Wildman–Crippen LogP) is 1.64. The number of likely N-dealkylation sites (tertiary alicyclic amines) is 1. The maximum absolute atomic E-state index is 11.7. The lowest BCUT2D eigenvalue weighted by atomic mass is 10.0. The fourth-order valence-corrected chi connectivity index (χ4v) is 2.17. The molecule has 1 fully saturated rings. The van der Waals surface area contributed by atoms with Gasteiger partial charge in [0.15, 0.2) is 0 Å². The quantitative estimate of drug-likeness (QED) is 0.671. The van der Waals surface area contributed by atoms with Crippen LogP contribution >= 0.6 is 0 Å². The maximum Gasteiger partial charge on any atom is 0.149 e. The molecule has 0 N–H and O–H groups in total. The van der Waals surface area contributed by atoms with Gasteiger partial charge in [0.05, 0.1) is 19.3 Å². The minimum Gasteiger partial charge on any atom is -0.377 e. The molecule has 4 heteroatoms. The Morgan fingerprint density at radius 3 is 2.53 bits per heavy atom. The monoisotopic (exact) mass is 270 g/mol. The molecule has 1 aliphatic heterocycles. The Bertz CT molecular complexity index is 261. The summed E-state index contributed by atoms with van der Waals surface area (Å²) < 4.78 is 5.90. The molecule has 0 radical (unpaired) electrons. The zero-order valence-electron chi connectivity index (χ0n) is 13.0. The summed E-state index contributed by atoms with van der Waals surface area (Å²) in [6.07, 6.45) is 2.50. The summed E-state index contributed by atoms with van der Waals surface area (Å²) in [5.74, 6) is 0.502. The Kier molecular flexibility index (Phi) is 7.57. The lowest BCUT2D eigenvalue weighted by Crippen LogP contribution is -2.41. The van der Waals surface area contributed by atoms with Crippen LogP contribution < -0.4 is 0 Å². The number of piperidine rings is 1. The summed E-state index contributed by atoms with van der Waals surface area (Å²) in [5, 5.41) is 0. The van der Waals surface area contributed by atoms with E-state index in [1.165, 1.54) is 0 Å². The number of Topliss-reactive ketones (excluding diaryl/α,β-unsaturated/α-hetero) is 1. The summed E-state index contributed by atoms with van der Waals surface area (Å²) in [4.78, 5) is 16.2. The molecule has 0 aromatic rings. The van der Waals surface area contributed by atoms with E-state index in [2.05, 4.69) is 23.8 Å². The van der Waals surface area contributed by atoms with Crippen molar-refractivity contribution in [1.29, 1.82) is 0 Å². The van der Waals surface area contributed by atoms with E-state index in [1.54, 1.807) is 0 Å². The molecule has 19 heavy (non-hydrogen) atoms. The van der Waals surface area contributed by atoms with Crippen LogP contribution in [0.3, 0.4) is 0 Å². The van der Waals surface area contributed by atoms with Crippen LogP contribution in [-0.4, -0.2) is 68.1 Å². The number of carbonyl (C=O) groups excluding carboxylic acids is 1. The second-order valence-electron chi connectivity index (χ2n) is 5.86. The smallest absolute Gasteiger partial charge is 0.149 e. The van der Waals surface area contributed by atoms with Gasteiger partial charge >= 0.3 is 0 Å². The van der Waals surface area contributed by atoms with Gasteiger partial charge in [0.1, 0.15) is 5.78 Å². The Labute approximate surface area is 118 Å². The number of likely N-dealkylation sites (N-methyl/N-ethyl adjacent to an activating group) is 1. The molecule has 0 spiro atoms. The Hall–Kier alpha value is -0.450. The van der Waals surface area contributed by atoms with Gasteiger partial charge in [-0.3, -0.25) is 9.69 Å². The molecule has 0 saturated carbocycles. The second-order valence-corrected chi connectivity index (χ2v) is 5.86. The van der Waals surface area contributed by atoms with Crippen LogP contribution in [0.5, 0.6) is 0 Å². The first-order valence-corrected chi connectivity index (χ1v) is 7.58. The lowest BCUT2D eigenvalue weighted by Gasteiger charge is -2.32. The Morgan fingerprint density at radius 2 is 2.00 bits per heavy atom. The minimum atomic E-state index is 0.151. The van der Waals surface area contributed by atoms with E-state index in [9.17, 15) is 4.79 Å². The highest BCUT2D eigenvalue weighted by Gasteiger charge is 2.21. The van der Waals surface area contributed by atoms with Gasteiger partial charge in [-0.1, -0.05) is 20.8 Å². The number of hydrogen-bond donors (Lipinski definition) is 0. The molecular formula is C15H30N2O2. The van der Waals surface area contributed by atoms with Crippen LogP contribution in [0.4, 0.5) is 0 Å². The standard InChI is InChI=1S/C15H30N2O2/c1-5-16(4)10-11-19-14-6-8-17(9-7-14)12-15(18)13(2)3/h13-14H,5-12H2,1-4H3. The number of rotatable bonds is 8. The molecule has 112 valence electrons. The van der Waals surface area contributed by atoms with E-state index < -0.39 is 0 Å². The van der Waals surface area contributed by atoms with Crippen molar-refractivity contribution in [3.63, 3.8) is 0 Å². The number of hydrogen-bond acceptors (Lipinski definition) is 4. The Morgan fingerprint density at radius 1 is 1.37 bits per heavy atom. The van der Waals surface area contributed by atoms with Crippen molar-refractivity contribution in [2.45, 2.75) is 39.7 Å². The average molecular weight is 270 g/mol. The predicted molar refractivity (Wildman–Crippen MR) is 78.4 cm³/mol. The molecule has 1 saturated heterocycles. The zero-order chi connectivity index (χ0) is 14.3. The first kappa shape index (κ1) is 16.6. The van der Waals surface area contributed by atoms with E-state index in [0.717, 1.165) is 45.6 Å². The third-order valence-corrected chi connectivity index (χ3v) is 3.92. The maximum atomic E-state index is 11.7. The summed E-state index contributed by atoms with van der Waals surface area (Å²) in [6.45, 7) is 11.6. The van der Waals surface area contributed by atoms with Crippen molar-refractivity contribution in [3.8, 4) is 0 Å².